The van der Waals surface area contributed by atoms with Crippen LogP contribution in [-0.4, -0.2) is 53.1 Å². The van der Waals surface area contributed by atoms with E-state index in [9.17, 15) is 23.4 Å². The van der Waals surface area contributed by atoms with Crippen LogP contribution in [0.4, 0.5) is 13.2 Å². The lowest BCUT2D eigenvalue weighted by Crippen LogP contribution is -2.49. The van der Waals surface area contributed by atoms with Gasteiger partial charge in [-0.2, -0.15) is 13.2 Å². The predicted molar refractivity (Wildman–Crippen MR) is 79.2 cm³/mol. The molecule has 23 heavy (non-hydrogen) atoms. The van der Waals surface area contributed by atoms with Crippen molar-refractivity contribution in [1.29, 1.82) is 0 Å². The molecule has 1 saturated heterocycles. The first-order valence-electron chi connectivity index (χ1n) is 7.59. The first-order chi connectivity index (χ1) is 10.7. The van der Waals surface area contributed by atoms with E-state index in [-0.39, 0.29) is 18.9 Å². The van der Waals surface area contributed by atoms with Gasteiger partial charge in [0.15, 0.2) is 0 Å². The molecular weight excluding hydrogens is 311 g/mol. The van der Waals surface area contributed by atoms with E-state index in [1.54, 1.807) is 6.92 Å². The monoisotopic (exact) mass is 333 g/mol. The van der Waals surface area contributed by atoms with Crippen molar-refractivity contribution in [3.63, 3.8) is 0 Å². The highest BCUT2D eigenvalue weighted by atomic mass is 19.4. The minimum atomic E-state index is -4.49. The number of hydrogen-bond donors (Lipinski definition) is 2. The van der Waals surface area contributed by atoms with Crippen LogP contribution in [0.25, 0.3) is 0 Å². The molecule has 1 fully saturated rings. The van der Waals surface area contributed by atoms with Gasteiger partial charge in [-0.15, -0.1) is 0 Å². The van der Waals surface area contributed by atoms with Gasteiger partial charge in [-0.25, -0.2) is 0 Å². The van der Waals surface area contributed by atoms with E-state index < -0.39 is 23.4 Å². The van der Waals surface area contributed by atoms with Crippen molar-refractivity contribution in [3.8, 4) is 5.75 Å². The minimum absolute atomic E-state index is 0.230. The average Bonchev–Trinajstić information content (AvgIpc) is 2.43. The molecule has 2 N–H and O–H groups in total. The maximum Gasteiger partial charge on any atom is 0.419 e. The summed E-state index contributed by atoms with van der Waals surface area (Å²) in [6.45, 7) is 2.94. The number of para-hydroxylation sites is 1. The zero-order valence-corrected chi connectivity index (χ0v) is 13.0. The van der Waals surface area contributed by atoms with E-state index in [2.05, 4.69) is 0 Å². The first-order valence-corrected chi connectivity index (χ1v) is 7.59. The molecule has 1 aliphatic heterocycles. The van der Waals surface area contributed by atoms with E-state index in [1.165, 1.54) is 18.2 Å². The molecule has 0 unspecified atom stereocenters. The molecule has 0 bridgehead atoms. The number of rotatable bonds is 5. The molecule has 4 nitrogen and oxygen atoms in total. The lowest BCUT2D eigenvalue weighted by molar-refractivity contribution is -0.139. The Balaban J connectivity index is 1.89. The number of β-amino-alcohol motifs (C(OH)–C–C–N with tert-alkyl or cyclic N) is 2. The second-order valence-electron chi connectivity index (χ2n) is 6.29. The Bertz CT molecular complexity index is 520. The van der Waals surface area contributed by atoms with Gasteiger partial charge in [-0.05, 0) is 38.4 Å². The Morgan fingerprint density at radius 3 is 2.70 bits per heavy atom. The second kappa shape index (κ2) is 7.07. The number of hydrogen-bond acceptors (Lipinski definition) is 4. The summed E-state index contributed by atoms with van der Waals surface area (Å²) >= 11 is 0. The van der Waals surface area contributed by atoms with Crippen molar-refractivity contribution in [2.24, 2.45) is 0 Å². The molecule has 0 saturated carbocycles. The van der Waals surface area contributed by atoms with Crippen LogP contribution in [-0.2, 0) is 6.18 Å². The fourth-order valence-electron chi connectivity index (χ4n) is 2.84. The summed E-state index contributed by atoms with van der Waals surface area (Å²) in [5.74, 6) is -0.287. The standard InChI is InChI=1S/C16H22F3NO3/c1-15(22)7-4-8-20(11-15)9-12(21)10-23-14-6-3-2-5-13(14)16(17,18)19/h2-3,5-6,12,21-22H,4,7-11H2,1H3/t12-,15+/m0/s1. The summed E-state index contributed by atoms with van der Waals surface area (Å²) in [7, 11) is 0. The Kier molecular flexibility index (Phi) is 5.54. The summed E-state index contributed by atoms with van der Waals surface area (Å²) in [4.78, 5) is 1.90. The van der Waals surface area contributed by atoms with Crippen LogP contribution < -0.4 is 4.74 Å². The Morgan fingerprint density at radius 1 is 1.35 bits per heavy atom. The molecule has 1 aromatic carbocycles. The molecule has 0 radical (unpaired) electrons. The third kappa shape index (κ3) is 5.37. The molecule has 7 heteroatoms. The van der Waals surface area contributed by atoms with Crippen LogP contribution in [0.3, 0.4) is 0 Å². The number of likely N-dealkylation sites (tertiary alicyclic amines) is 1. The van der Waals surface area contributed by atoms with Crippen molar-refractivity contribution >= 4 is 0 Å². The van der Waals surface area contributed by atoms with Crippen molar-refractivity contribution in [2.45, 2.75) is 37.6 Å². The molecule has 1 aliphatic rings. The summed E-state index contributed by atoms with van der Waals surface area (Å²) in [5, 5.41) is 20.0. The van der Waals surface area contributed by atoms with Gasteiger partial charge in [0.05, 0.1) is 11.2 Å². The number of halogens is 3. The number of ether oxygens (including phenoxy) is 1. The third-order valence-corrected chi connectivity index (χ3v) is 3.85. The molecule has 0 aromatic heterocycles. The van der Waals surface area contributed by atoms with E-state index >= 15 is 0 Å². The maximum absolute atomic E-state index is 12.9. The lowest BCUT2D eigenvalue weighted by atomic mass is 9.95. The fraction of sp³-hybridized carbons (Fsp3) is 0.625. The van der Waals surface area contributed by atoms with Gasteiger partial charge in [-0.1, -0.05) is 12.1 Å². The zero-order chi connectivity index (χ0) is 17.1. The number of alkyl halides is 3. The Hall–Kier alpha value is -1.31. The van der Waals surface area contributed by atoms with Gasteiger partial charge in [0.25, 0.3) is 0 Å². The molecule has 2 rings (SSSR count). The summed E-state index contributed by atoms with van der Waals surface area (Å²) in [6, 6.07) is 4.94. The SMILES string of the molecule is C[C@@]1(O)CCCN(C[C@H](O)COc2ccccc2C(F)(F)F)C1. The van der Waals surface area contributed by atoms with Crippen molar-refractivity contribution in [3.05, 3.63) is 29.8 Å². The van der Waals surface area contributed by atoms with Gasteiger partial charge in [0, 0.05) is 13.1 Å². The highest BCUT2D eigenvalue weighted by Gasteiger charge is 2.34. The molecule has 1 heterocycles. The molecule has 0 spiro atoms. The lowest BCUT2D eigenvalue weighted by Gasteiger charge is -2.37. The van der Waals surface area contributed by atoms with E-state index in [1.807, 2.05) is 4.90 Å². The second-order valence-corrected chi connectivity index (χ2v) is 6.29. The summed E-state index contributed by atoms with van der Waals surface area (Å²) < 4.78 is 43.7. The highest BCUT2D eigenvalue weighted by Crippen LogP contribution is 2.35. The Labute approximate surface area is 133 Å². The quantitative estimate of drug-likeness (QED) is 0.868. The van der Waals surface area contributed by atoms with E-state index in [0.29, 0.717) is 13.0 Å². The van der Waals surface area contributed by atoms with Crippen molar-refractivity contribution in [2.75, 3.05) is 26.2 Å². The fourth-order valence-corrected chi connectivity index (χ4v) is 2.84. The van der Waals surface area contributed by atoms with Crippen molar-refractivity contribution < 1.29 is 28.1 Å². The van der Waals surface area contributed by atoms with Crippen LogP contribution in [0, 0.1) is 0 Å². The predicted octanol–water partition coefficient (Wildman–Crippen LogP) is 2.29. The van der Waals surface area contributed by atoms with Crippen LogP contribution in [0.2, 0.25) is 0 Å². The molecule has 130 valence electrons. The number of nitrogens with zero attached hydrogens (tertiary/aromatic N) is 1. The van der Waals surface area contributed by atoms with Crippen LogP contribution in [0.1, 0.15) is 25.3 Å². The minimum Gasteiger partial charge on any atom is -0.490 e. The number of aliphatic hydroxyl groups excluding tert-OH is 1. The Morgan fingerprint density at radius 2 is 2.04 bits per heavy atom. The molecule has 2 atom stereocenters. The van der Waals surface area contributed by atoms with E-state index in [0.717, 1.165) is 19.0 Å². The largest absolute Gasteiger partial charge is 0.490 e. The van der Waals surface area contributed by atoms with Crippen molar-refractivity contribution in [1.82, 2.24) is 4.90 Å². The van der Waals surface area contributed by atoms with Crippen LogP contribution in [0.5, 0.6) is 5.75 Å². The molecular formula is C16H22F3NO3. The zero-order valence-electron chi connectivity index (χ0n) is 13.0. The third-order valence-electron chi connectivity index (χ3n) is 3.85. The molecule has 0 amide bonds. The topological polar surface area (TPSA) is 52.9 Å². The first kappa shape index (κ1) is 18.0. The molecule has 0 aliphatic carbocycles. The van der Waals surface area contributed by atoms with Gasteiger partial charge < -0.3 is 14.9 Å². The number of benzene rings is 1. The van der Waals surface area contributed by atoms with E-state index in [4.69, 9.17) is 4.74 Å². The summed E-state index contributed by atoms with van der Waals surface area (Å²) in [6.07, 6.45) is -3.90. The van der Waals surface area contributed by atoms with Crippen LogP contribution >= 0.6 is 0 Å². The normalized spacial score (nSPS) is 24.4. The van der Waals surface area contributed by atoms with Crippen LogP contribution in [0.15, 0.2) is 24.3 Å². The molecule has 1 aromatic rings. The summed E-state index contributed by atoms with van der Waals surface area (Å²) in [5.41, 5.74) is -1.64. The average molecular weight is 333 g/mol. The van der Waals surface area contributed by atoms with Gasteiger partial charge >= 0.3 is 6.18 Å². The van der Waals surface area contributed by atoms with Gasteiger partial charge in [0.2, 0.25) is 0 Å². The van der Waals surface area contributed by atoms with Gasteiger partial charge in [-0.3, -0.25) is 4.90 Å². The maximum atomic E-state index is 12.9. The van der Waals surface area contributed by atoms with Gasteiger partial charge in [0.1, 0.15) is 18.5 Å². The smallest absolute Gasteiger partial charge is 0.419 e. The highest BCUT2D eigenvalue weighted by molar-refractivity contribution is 5.35. The number of aliphatic hydroxyl groups is 2. The number of piperidine rings is 1.